The van der Waals surface area contributed by atoms with Crippen LogP contribution in [0.15, 0.2) is 24.5 Å². The van der Waals surface area contributed by atoms with E-state index < -0.39 is 89.9 Å². The first-order chi connectivity index (χ1) is 17.6. The lowest BCUT2D eigenvalue weighted by atomic mass is 10.0. The normalized spacial score (nSPS) is 18.3. The SMILES string of the molecule is Cc1cc(F)c(-c2cc(C(F)(F)F)c3c(N)ncnn23)cc1C(=O)N[C@@H]1CN(C(=O)CC(F)(F)F)C[C@@H]1F. The van der Waals surface area contributed by atoms with Gasteiger partial charge in [-0.15, -0.1) is 0 Å². The Balaban J connectivity index is 1.66. The summed E-state index contributed by atoms with van der Waals surface area (Å²) in [6.45, 7) is 0.106. The van der Waals surface area contributed by atoms with Gasteiger partial charge in [0, 0.05) is 17.7 Å². The number of rotatable bonds is 4. The summed E-state index contributed by atoms with van der Waals surface area (Å²) in [5, 5.41) is 5.99. The Hall–Kier alpha value is -3.98. The number of nitrogens with one attached hydrogen (secondary N) is 1. The minimum atomic E-state index is -4.91. The predicted octanol–water partition coefficient (Wildman–Crippen LogP) is 3.68. The van der Waals surface area contributed by atoms with Gasteiger partial charge in [0.2, 0.25) is 5.91 Å². The van der Waals surface area contributed by atoms with Crippen LogP contribution in [0.4, 0.5) is 40.9 Å². The summed E-state index contributed by atoms with van der Waals surface area (Å²) in [6, 6.07) is 1.04. The van der Waals surface area contributed by atoms with Gasteiger partial charge >= 0.3 is 12.4 Å². The van der Waals surface area contributed by atoms with Crippen molar-refractivity contribution in [3.63, 3.8) is 0 Å². The smallest absolute Gasteiger partial charge is 0.382 e. The highest BCUT2D eigenvalue weighted by Gasteiger charge is 2.41. The summed E-state index contributed by atoms with van der Waals surface area (Å²) < 4.78 is 109. The second-order valence-corrected chi connectivity index (χ2v) is 8.68. The van der Waals surface area contributed by atoms with Crippen molar-refractivity contribution >= 4 is 23.1 Å². The number of aromatic nitrogens is 3. The lowest BCUT2D eigenvalue weighted by molar-refractivity contribution is -0.160. The Labute approximate surface area is 208 Å². The molecule has 0 bridgehead atoms. The molecule has 1 aliphatic heterocycles. The Morgan fingerprint density at radius 1 is 1.13 bits per heavy atom. The van der Waals surface area contributed by atoms with Gasteiger partial charge in [-0.1, -0.05) is 0 Å². The summed E-state index contributed by atoms with van der Waals surface area (Å²) in [7, 11) is 0. The van der Waals surface area contributed by atoms with Gasteiger partial charge in [-0.05, 0) is 30.7 Å². The molecule has 0 saturated carbocycles. The van der Waals surface area contributed by atoms with E-state index in [0.29, 0.717) is 11.0 Å². The lowest BCUT2D eigenvalue weighted by Crippen LogP contribution is -2.42. The summed E-state index contributed by atoms with van der Waals surface area (Å²) in [6.07, 6.45) is -12.5. The van der Waals surface area contributed by atoms with Gasteiger partial charge in [-0.2, -0.15) is 31.4 Å². The highest BCUT2D eigenvalue weighted by Crippen LogP contribution is 2.39. The number of nitrogen functional groups attached to an aromatic ring is 1. The average Bonchev–Trinajstić information content (AvgIpc) is 3.34. The first kappa shape index (κ1) is 27.1. The molecule has 0 radical (unpaired) electrons. The minimum Gasteiger partial charge on any atom is -0.382 e. The van der Waals surface area contributed by atoms with Crippen molar-refractivity contribution in [3.05, 3.63) is 47.0 Å². The quantitative estimate of drug-likeness (QED) is 0.483. The highest BCUT2D eigenvalue weighted by atomic mass is 19.4. The van der Waals surface area contributed by atoms with E-state index in [-0.39, 0.29) is 11.1 Å². The van der Waals surface area contributed by atoms with Crippen LogP contribution in [-0.4, -0.2) is 62.8 Å². The zero-order chi connectivity index (χ0) is 28.2. The Morgan fingerprint density at radius 3 is 2.45 bits per heavy atom. The van der Waals surface area contributed by atoms with Crippen LogP contribution in [0.3, 0.4) is 0 Å². The molecule has 38 heavy (non-hydrogen) atoms. The predicted molar refractivity (Wildman–Crippen MR) is 116 cm³/mol. The topological polar surface area (TPSA) is 106 Å². The highest BCUT2D eigenvalue weighted by molar-refractivity contribution is 5.97. The fourth-order valence-corrected chi connectivity index (χ4v) is 4.22. The number of likely N-dealkylation sites (tertiary alicyclic amines) is 1. The van der Waals surface area contributed by atoms with Crippen molar-refractivity contribution in [1.82, 2.24) is 24.8 Å². The molecule has 3 N–H and O–H groups in total. The average molecular weight is 550 g/mol. The van der Waals surface area contributed by atoms with E-state index in [2.05, 4.69) is 15.4 Å². The number of hydrogen-bond donors (Lipinski definition) is 2. The lowest BCUT2D eigenvalue weighted by Gasteiger charge is -2.18. The molecule has 8 nitrogen and oxygen atoms in total. The van der Waals surface area contributed by atoms with Crippen molar-refractivity contribution < 1.29 is 44.7 Å². The van der Waals surface area contributed by atoms with Crippen molar-refractivity contribution in [2.75, 3.05) is 18.8 Å². The summed E-state index contributed by atoms with van der Waals surface area (Å²) in [5.74, 6) is -3.87. The zero-order valence-electron chi connectivity index (χ0n) is 19.3. The van der Waals surface area contributed by atoms with Crippen molar-refractivity contribution in [2.45, 2.75) is 37.9 Å². The molecule has 16 heteroatoms. The van der Waals surface area contributed by atoms with Crippen LogP contribution >= 0.6 is 0 Å². The summed E-state index contributed by atoms with van der Waals surface area (Å²) in [5.41, 5.74) is 2.65. The van der Waals surface area contributed by atoms with Gasteiger partial charge in [0.1, 0.15) is 30.3 Å². The number of hydrogen-bond acceptors (Lipinski definition) is 5. The number of anilines is 1. The molecule has 3 heterocycles. The van der Waals surface area contributed by atoms with Gasteiger partial charge in [0.25, 0.3) is 5.91 Å². The monoisotopic (exact) mass is 550 g/mol. The number of nitrogens with zero attached hydrogens (tertiary/aromatic N) is 4. The van der Waals surface area contributed by atoms with Gasteiger partial charge in [-0.3, -0.25) is 9.59 Å². The maximum atomic E-state index is 15.0. The third-order valence-electron chi connectivity index (χ3n) is 5.99. The summed E-state index contributed by atoms with van der Waals surface area (Å²) >= 11 is 0. The molecular weight excluding hydrogens is 532 g/mol. The third kappa shape index (κ3) is 5.19. The standard InChI is InChI=1S/C22H18F8N6O2/c1-9-2-13(23)11(16-4-12(22(28,29)30)18-19(31)32-8-33-36(16)18)3-10(9)20(38)34-15-7-35(6-14(15)24)17(37)5-21(25,26)27/h2-4,8,14-15H,5-7H2,1H3,(H,34,38)(H2,31,32,33)/t14-,15+/m0/s1. The van der Waals surface area contributed by atoms with Crippen LogP contribution in [0.2, 0.25) is 0 Å². The van der Waals surface area contributed by atoms with E-state index in [0.717, 1.165) is 23.0 Å². The van der Waals surface area contributed by atoms with Gasteiger partial charge in [-0.25, -0.2) is 18.3 Å². The molecule has 4 rings (SSSR count). The largest absolute Gasteiger partial charge is 0.418 e. The van der Waals surface area contributed by atoms with E-state index >= 15 is 0 Å². The fraction of sp³-hybridized carbons (Fsp3) is 0.364. The van der Waals surface area contributed by atoms with Crippen LogP contribution < -0.4 is 11.1 Å². The van der Waals surface area contributed by atoms with Crippen LogP contribution in [0.1, 0.15) is 27.9 Å². The Morgan fingerprint density at radius 2 is 1.82 bits per heavy atom. The van der Waals surface area contributed by atoms with E-state index in [1.54, 1.807) is 0 Å². The van der Waals surface area contributed by atoms with Crippen molar-refractivity contribution in [3.8, 4) is 11.3 Å². The summed E-state index contributed by atoms with van der Waals surface area (Å²) in [4.78, 5) is 28.9. The molecule has 2 amide bonds. The first-order valence-corrected chi connectivity index (χ1v) is 10.9. The molecule has 2 aromatic heterocycles. The second kappa shape index (κ2) is 9.40. The molecular formula is C22H18F8N6O2. The molecule has 204 valence electrons. The number of carbonyl (C=O) groups is 2. The van der Waals surface area contributed by atoms with E-state index in [1.807, 2.05) is 0 Å². The molecule has 3 aromatic rings. The van der Waals surface area contributed by atoms with Crippen LogP contribution in [0.5, 0.6) is 0 Å². The van der Waals surface area contributed by atoms with Gasteiger partial charge < -0.3 is 16.0 Å². The minimum absolute atomic E-state index is 0.0354. The number of halogens is 8. The third-order valence-corrected chi connectivity index (χ3v) is 5.99. The Kier molecular flexibility index (Phi) is 6.69. The van der Waals surface area contributed by atoms with Gasteiger partial charge in [0.05, 0.1) is 23.8 Å². The van der Waals surface area contributed by atoms with Gasteiger partial charge in [0.15, 0.2) is 5.82 Å². The molecule has 0 aliphatic carbocycles. The number of aryl methyl sites for hydroxylation is 1. The molecule has 0 spiro atoms. The number of fused-ring (bicyclic) bond motifs is 1. The van der Waals surface area contributed by atoms with Crippen LogP contribution in [0.25, 0.3) is 16.8 Å². The molecule has 1 saturated heterocycles. The Bertz CT molecular complexity index is 1420. The van der Waals surface area contributed by atoms with Crippen LogP contribution in [0, 0.1) is 12.7 Å². The number of alkyl halides is 7. The molecule has 2 atom stereocenters. The molecule has 1 fully saturated rings. The molecule has 0 unspecified atom stereocenters. The first-order valence-electron chi connectivity index (χ1n) is 10.9. The maximum Gasteiger partial charge on any atom is 0.418 e. The van der Waals surface area contributed by atoms with E-state index in [1.165, 1.54) is 6.92 Å². The molecule has 1 aromatic carbocycles. The maximum absolute atomic E-state index is 15.0. The second-order valence-electron chi connectivity index (χ2n) is 8.68. The van der Waals surface area contributed by atoms with Crippen molar-refractivity contribution in [2.24, 2.45) is 0 Å². The fourth-order valence-electron chi connectivity index (χ4n) is 4.22. The molecule has 1 aliphatic rings. The van der Waals surface area contributed by atoms with Crippen LogP contribution in [-0.2, 0) is 11.0 Å². The zero-order valence-corrected chi connectivity index (χ0v) is 19.3. The number of carbonyl (C=O) groups excluding carboxylic acids is 2. The van der Waals surface area contributed by atoms with E-state index in [4.69, 9.17) is 5.73 Å². The number of benzene rings is 1. The van der Waals surface area contributed by atoms with E-state index in [9.17, 15) is 44.7 Å². The number of nitrogens with two attached hydrogens (primary N) is 1. The van der Waals surface area contributed by atoms with Crippen molar-refractivity contribution in [1.29, 1.82) is 0 Å². The number of amides is 2.